The van der Waals surface area contributed by atoms with Gasteiger partial charge in [-0.05, 0) is 51.5 Å². The summed E-state index contributed by atoms with van der Waals surface area (Å²) in [5.74, 6) is 0.737. The molecule has 1 spiro atoms. The molecule has 0 bridgehead atoms. The zero-order valence-electron chi connectivity index (χ0n) is 14.1. The minimum absolute atomic E-state index is 0.422. The van der Waals surface area contributed by atoms with Gasteiger partial charge < -0.3 is 10.1 Å². The van der Waals surface area contributed by atoms with Gasteiger partial charge in [-0.3, -0.25) is 0 Å². The molecule has 2 rings (SSSR count). The van der Waals surface area contributed by atoms with E-state index in [1.54, 1.807) is 0 Å². The first-order valence-corrected chi connectivity index (χ1v) is 8.97. The van der Waals surface area contributed by atoms with Crippen LogP contribution in [0.3, 0.4) is 0 Å². The molecule has 2 nitrogen and oxygen atoms in total. The maximum atomic E-state index is 6.46. The molecule has 2 fully saturated rings. The zero-order valence-corrected chi connectivity index (χ0v) is 14.1. The van der Waals surface area contributed by atoms with E-state index in [2.05, 4.69) is 33.0 Å². The molecule has 0 saturated heterocycles. The van der Waals surface area contributed by atoms with Crippen molar-refractivity contribution in [2.45, 2.75) is 97.3 Å². The van der Waals surface area contributed by atoms with Gasteiger partial charge in [0.05, 0.1) is 12.2 Å². The van der Waals surface area contributed by atoms with Crippen LogP contribution in [0.1, 0.15) is 79.1 Å². The molecular formula is C18H35NO. The van der Waals surface area contributed by atoms with Gasteiger partial charge in [0.15, 0.2) is 0 Å². The van der Waals surface area contributed by atoms with E-state index >= 15 is 0 Å². The van der Waals surface area contributed by atoms with Crippen molar-refractivity contribution in [1.29, 1.82) is 0 Å². The summed E-state index contributed by atoms with van der Waals surface area (Å²) in [5.41, 5.74) is 0.471. The van der Waals surface area contributed by atoms with Gasteiger partial charge in [0.2, 0.25) is 0 Å². The monoisotopic (exact) mass is 281 g/mol. The van der Waals surface area contributed by atoms with Crippen molar-refractivity contribution < 1.29 is 4.74 Å². The molecule has 0 heterocycles. The van der Waals surface area contributed by atoms with Crippen molar-refractivity contribution in [2.24, 2.45) is 11.3 Å². The van der Waals surface area contributed by atoms with Crippen LogP contribution < -0.4 is 5.32 Å². The van der Waals surface area contributed by atoms with E-state index in [-0.39, 0.29) is 0 Å². The van der Waals surface area contributed by atoms with Gasteiger partial charge in [-0.2, -0.15) is 0 Å². The molecule has 1 N–H and O–H groups in total. The minimum Gasteiger partial charge on any atom is -0.375 e. The van der Waals surface area contributed by atoms with Crippen molar-refractivity contribution in [3.63, 3.8) is 0 Å². The lowest BCUT2D eigenvalue weighted by Gasteiger charge is -2.58. The molecule has 2 aliphatic rings. The van der Waals surface area contributed by atoms with Gasteiger partial charge >= 0.3 is 0 Å². The summed E-state index contributed by atoms with van der Waals surface area (Å²) in [4.78, 5) is 0. The molecule has 2 heteroatoms. The van der Waals surface area contributed by atoms with E-state index in [4.69, 9.17) is 4.74 Å². The first kappa shape index (κ1) is 16.3. The highest BCUT2D eigenvalue weighted by Gasteiger charge is 2.55. The normalized spacial score (nSPS) is 30.4. The Morgan fingerprint density at radius 3 is 2.45 bits per heavy atom. The Balaban J connectivity index is 1.92. The third kappa shape index (κ3) is 3.57. The van der Waals surface area contributed by atoms with Crippen molar-refractivity contribution in [3.05, 3.63) is 0 Å². The van der Waals surface area contributed by atoms with Gasteiger partial charge in [-0.1, -0.05) is 40.0 Å². The van der Waals surface area contributed by atoms with E-state index in [0.29, 0.717) is 17.6 Å². The van der Waals surface area contributed by atoms with Gasteiger partial charge in [0.25, 0.3) is 0 Å². The second-order valence-corrected chi connectivity index (χ2v) is 7.60. The number of rotatable bonds is 7. The van der Waals surface area contributed by atoms with Crippen LogP contribution >= 0.6 is 0 Å². The quantitative estimate of drug-likeness (QED) is 0.740. The summed E-state index contributed by atoms with van der Waals surface area (Å²) in [5, 5.41) is 3.79. The van der Waals surface area contributed by atoms with Crippen molar-refractivity contribution in [2.75, 3.05) is 6.54 Å². The third-order valence-electron chi connectivity index (χ3n) is 5.41. The predicted octanol–water partition coefficient (Wildman–Crippen LogP) is 4.53. The van der Waals surface area contributed by atoms with Crippen LogP contribution in [0, 0.1) is 11.3 Å². The van der Waals surface area contributed by atoms with Crippen molar-refractivity contribution in [1.82, 2.24) is 5.32 Å². The van der Waals surface area contributed by atoms with Gasteiger partial charge in [0, 0.05) is 11.5 Å². The molecule has 0 aromatic heterocycles. The van der Waals surface area contributed by atoms with Crippen LogP contribution in [0.5, 0.6) is 0 Å². The second kappa shape index (κ2) is 7.26. The molecule has 3 atom stereocenters. The third-order valence-corrected chi connectivity index (χ3v) is 5.41. The summed E-state index contributed by atoms with van der Waals surface area (Å²) in [6.45, 7) is 10.3. The smallest absolute Gasteiger partial charge is 0.0664 e. The van der Waals surface area contributed by atoms with E-state index < -0.39 is 0 Å². The van der Waals surface area contributed by atoms with E-state index in [9.17, 15) is 0 Å². The van der Waals surface area contributed by atoms with E-state index in [1.807, 2.05) is 0 Å². The summed E-state index contributed by atoms with van der Waals surface area (Å²) in [7, 11) is 0. The fourth-order valence-corrected chi connectivity index (χ4v) is 4.42. The Kier molecular flexibility index (Phi) is 5.92. The Hall–Kier alpha value is -0.0800. The molecule has 3 unspecified atom stereocenters. The van der Waals surface area contributed by atoms with Crippen molar-refractivity contribution in [3.8, 4) is 0 Å². The Morgan fingerprint density at radius 2 is 1.85 bits per heavy atom. The van der Waals surface area contributed by atoms with Gasteiger partial charge in [0.1, 0.15) is 0 Å². The summed E-state index contributed by atoms with van der Waals surface area (Å²) >= 11 is 0. The van der Waals surface area contributed by atoms with E-state index in [1.165, 1.54) is 57.9 Å². The Morgan fingerprint density at radius 1 is 1.15 bits per heavy atom. The molecule has 118 valence electrons. The molecule has 0 aromatic carbocycles. The maximum Gasteiger partial charge on any atom is 0.0664 e. The first-order valence-electron chi connectivity index (χ1n) is 8.97. The largest absolute Gasteiger partial charge is 0.375 e. The van der Waals surface area contributed by atoms with Crippen LogP contribution in [0.2, 0.25) is 0 Å². The molecule has 0 aliphatic heterocycles. The molecule has 0 radical (unpaired) electrons. The zero-order chi connectivity index (χ0) is 14.6. The molecule has 0 aromatic rings. The molecule has 0 amide bonds. The minimum atomic E-state index is 0.422. The number of hydrogen-bond donors (Lipinski definition) is 1. The highest BCUT2D eigenvalue weighted by molar-refractivity contribution is 5.09. The fraction of sp³-hybridized carbons (Fsp3) is 1.00. The standard InChI is InChI=1S/C18H35NO/c1-5-11-19-16-13-17(20-15(4)12-14(2)3)18(16)9-7-6-8-10-18/h14-17,19H,5-13H2,1-4H3. The molecule has 20 heavy (non-hydrogen) atoms. The average molecular weight is 281 g/mol. The van der Waals surface area contributed by atoms with Crippen LogP contribution in [-0.4, -0.2) is 24.8 Å². The van der Waals surface area contributed by atoms with Crippen LogP contribution in [0.25, 0.3) is 0 Å². The van der Waals surface area contributed by atoms with Gasteiger partial charge in [-0.15, -0.1) is 0 Å². The van der Waals surface area contributed by atoms with Gasteiger partial charge in [-0.25, -0.2) is 0 Å². The number of hydrogen-bond acceptors (Lipinski definition) is 2. The highest BCUT2D eigenvalue weighted by atomic mass is 16.5. The number of ether oxygens (including phenoxy) is 1. The lowest BCUT2D eigenvalue weighted by atomic mass is 9.55. The predicted molar refractivity (Wildman–Crippen MR) is 86.0 cm³/mol. The lowest BCUT2D eigenvalue weighted by molar-refractivity contribution is -0.175. The Labute approximate surface area is 126 Å². The molecular weight excluding hydrogens is 246 g/mol. The fourth-order valence-electron chi connectivity index (χ4n) is 4.42. The summed E-state index contributed by atoms with van der Waals surface area (Å²) < 4.78 is 6.46. The van der Waals surface area contributed by atoms with Crippen LogP contribution in [-0.2, 0) is 4.74 Å². The van der Waals surface area contributed by atoms with Crippen molar-refractivity contribution >= 4 is 0 Å². The first-order chi connectivity index (χ1) is 9.58. The molecule has 2 aliphatic carbocycles. The summed E-state index contributed by atoms with van der Waals surface area (Å²) in [6, 6.07) is 0.721. The van der Waals surface area contributed by atoms with Crippen LogP contribution in [0.4, 0.5) is 0 Å². The topological polar surface area (TPSA) is 21.3 Å². The van der Waals surface area contributed by atoms with Crippen LogP contribution in [0.15, 0.2) is 0 Å². The average Bonchev–Trinajstić information content (AvgIpc) is 2.42. The highest BCUT2D eigenvalue weighted by Crippen LogP contribution is 2.53. The Bertz CT molecular complexity index is 283. The second-order valence-electron chi connectivity index (χ2n) is 7.60. The molecule has 2 saturated carbocycles. The SMILES string of the molecule is CCCNC1CC(OC(C)CC(C)C)C12CCCCC2. The van der Waals surface area contributed by atoms with E-state index in [0.717, 1.165) is 12.0 Å². The summed E-state index contributed by atoms with van der Waals surface area (Å²) in [6.07, 6.45) is 11.6. The lowest BCUT2D eigenvalue weighted by Crippen LogP contribution is -2.65. The number of nitrogens with one attached hydrogen (secondary N) is 1. The maximum absolute atomic E-state index is 6.46.